The highest BCUT2D eigenvalue weighted by molar-refractivity contribution is 7.89. The minimum atomic E-state index is -4.06. The molecule has 0 saturated carbocycles. The molecule has 0 fully saturated rings. The number of nitrogens with one attached hydrogen (secondary N) is 1. The average molecular weight is 620 g/mol. The van der Waals surface area contributed by atoms with E-state index < -0.39 is 22.0 Å². The van der Waals surface area contributed by atoms with E-state index in [1.165, 1.54) is 17.4 Å². The number of fused-ring (bicyclic) bond motifs is 4. The molecule has 1 atom stereocenters. The summed E-state index contributed by atoms with van der Waals surface area (Å²) in [6.45, 7) is 2.23. The number of carboxylic acids is 1. The Morgan fingerprint density at radius 2 is 1.81 bits per heavy atom. The number of carbonyl (C=O) groups is 1. The van der Waals surface area contributed by atoms with E-state index in [0.29, 0.717) is 22.4 Å². The minimum Gasteiger partial charge on any atom is -0.481 e. The average Bonchev–Trinajstić information content (AvgIpc) is 3.57. The zero-order valence-electron chi connectivity index (χ0n) is 22.5. The lowest BCUT2D eigenvalue weighted by molar-refractivity contribution is -0.137. The Morgan fingerprint density at radius 1 is 1.05 bits per heavy atom. The molecule has 0 bridgehead atoms. The number of hydrogen-bond acceptors (Lipinski definition) is 7. The van der Waals surface area contributed by atoms with Crippen LogP contribution in [-0.4, -0.2) is 40.0 Å². The fraction of sp³-hybridized carbons (Fsp3) is 0.200. The molecule has 42 heavy (non-hydrogen) atoms. The fourth-order valence-corrected chi connectivity index (χ4v) is 7.65. The molecule has 9 nitrogen and oxygen atoms in total. The van der Waals surface area contributed by atoms with E-state index in [1.54, 1.807) is 12.1 Å². The third kappa shape index (κ3) is 5.36. The van der Waals surface area contributed by atoms with Crippen molar-refractivity contribution >= 4 is 55.4 Å². The maximum Gasteiger partial charge on any atom is 0.303 e. The Hall–Kier alpha value is -3.90. The van der Waals surface area contributed by atoms with E-state index in [4.69, 9.17) is 16.6 Å². The van der Waals surface area contributed by atoms with Crippen LogP contribution in [0.15, 0.2) is 82.7 Å². The summed E-state index contributed by atoms with van der Waals surface area (Å²) >= 11 is 8.12. The van der Waals surface area contributed by atoms with Crippen LogP contribution in [0.3, 0.4) is 0 Å². The van der Waals surface area contributed by atoms with Gasteiger partial charge in [0.2, 0.25) is 10.0 Å². The number of sulfonamides is 1. The number of carboxylic acid groups (broad SMARTS) is 1. The van der Waals surface area contributed by atoms with Crippen molar-refractivity contribution in [1.82, 2.24) is 19.5 Å². The molecule has 12 heteroatoms. The molecule has 0 saturated heterocycles. The summed E-state index contributed by atoms with van der Waals surface area (Å²) in [5.74, 6) is -0.227. The first-order valence-electron chi connectivity index (χ1n) is 13.3. The van der Waals surface area contributed by atoms with Crippen molar-refractivity contribution in [3.8, 4) is 5.00 Å². The molecule has 0 spiro atoms. The van der Waals surface area contributed by atoms with Gasteiger partial charge in [-0.15, -0.1) is 21.5 Å². The van der Waals surface area contributed by atoms with E-state index in [1.807, 2.05) is 53.1 Å². The SMILES string of the molecule is CCc1cc2c(s1)-n1c(nnc1[C@@H](CCC(=O)O)NS(=O)(=O)c1ccc3ccccc3c1)CN=C2c1ccccc1Cl. The second-order valence-corrected chi connectivity index (χ2v) is 13.1. The van der Waals surface area contributed by atoms with Crippen LogP contribution in [0.5, 0.6) is 0 Å². The van der Waals surface area contributed by atoms with Gasteiger partial charge in [0.25, 0.3) is 0 Å². The summed E-state index contributed by atoms with van der Waals surface area (Å²) in [4.78, 5) is 17.7. The largest absolute Gasteiger partial charge is 0.481 e. The lowest BCUT2D eigenvalue weighted by Crippen LogP contribution is -2.31. The number of aliphatic carboxylic acids is 1. The minimum absolute atomic E-state index is 0.0279. The molecule has 0 radical (unpaired) electrons. The number of aryl methyl sites for hydroxylation is 1. The topological polar surface area (TPSA) is 127 Å². The molecule has 0 amide bonds. The Balaban J connectivity index is 1.45. The summed E-state index contributed by atoms with van der Waals surface area (Å²) in [7, 11) is -4.06. The number of hydrogen-bond donors (Lipinski definition) is 2. The molecule has 3 aromatic carbocycles. The Bertz CT molecular complexity index is 1970. The fourth-order valence-electron chi connectivity index (χ4n) is 5.04. The third-order valence-corrected chi connectivity index (χ3v) is 10.2. The first kappa shape index (κ1) is 28.2. The first-order valence-corrected chi connectivity index (χ1v) is 16.0. The van der Waals surface area contributed by atoms with Gasteiger partial charge in [-0.25, -0.2) is 13.1 Å². The van der Waals surface area contributed by atoms with Crippen molar-refractivity contribution in [3.63, 3.8) is 0 Å². The van der Waals surface area contributed by atoms with Crippen LogP contribution in [0.25, 0.3) is 15.8 Å². The van der Waals surface area contributed by atoms with Crippen LogP contribution < -0.4 is 4.72 Å². The second-order valence-electron chi connectivity index (χ2n) is 9.85. The Labute approximate surface area is 251 Å². The monoisotopic (exact) mass is 619 g/mol. The molecule has 0 unspecified atom stereocenters. The number of aromatic nitrogens is 3. The van der Waals surface area contributed by atoms with E-state index in [2.05, 4.69) is 27.9 Å². The summed E-state index contributed by atoms with van der Waals surface area (Å²) in [5, 5.41) is 21.3. The maximum atomic E-state index is 13.7. The summed E-state index contributed by atoms with van der Waals surface area (Å²) in [5.41, 5.74) is 2.32. The van der Waals surface area contributed by atoms with Gasteiger partial charge < -0.3 is 5.11 Å². The van der Waals surface area contributed by atoms with Gasteiger partial charge in [-0.1, -0.05) is 67.1 Å². The van der Waals surface area contributed by atoms with E-state index in [9.17, 15) is 18.3 Å². The Kier molecular flexibility index (Phi) is 7.67. The van der Waals surface area contributed by atoms with Gasteiger partial charge in [0.15, 0.2) is 11.6 Å². The zero-order chi connectivity index (χ0) is 29.4. The smallest absolute Gasteiger partial charge is 0.303 e. The van der Waals surface area contributed by atoms with Crippen LogP contribution in [0.1, 0.15) is 53.5 Å². The van der Waals surface area contributed by atoms with Gasteiger partial charge in [-0.3, -0.25) is 14.4 Å². The maximum absolute atomic E-state index is 13.7. The van der Waals surface area contributed by atoms with Crippen LogP contribution in [0, 0.1) is 0 Å². The molecule has 1 aliphatic heterocycles. The van der Waals surface area contributed by atoms with Crippen LogP contribution in [0.2, 0.25) is 5.02 Å². The molecule has 5 aromatic rings. The highest BCUT2D eigenvalue weighted by atomic mass is 35.5. The van der Waals surface area contributed by atoms with Gasteiger partial charge in [0, 0.05) is 27.4 Å². The molecular weight excluding hydrogens is 594 g/mol. The number of halogens is 1. The molecule has 1 aliphatic rings. The standard InChI is InChI=1S/C30H26ClN5O4S2/c1-2-20-16-23-28(22-9-5-6-10-24(22)31)32-17-26-33-34-29(36(26)30(23)41-20)25(13-14-27(37)38)35-42(39,40)21-12-11-18-7-3-4-8-19(18)15-21/h3-12,15-16,25,35H,2,13-14,17H2,1H3,(H,37,38)/t25-/m1/s1. The molecule has 2 aromatic heterocycles. The van der Waals surface area contributed by atoms with Gasteiger partial charge in [-0.05, 0) is 47.9 Å². The van der Waals surface area contributed by atoms with E-state index in [-0.39, 0.29) is 24.3 Å². The van der Waals surface area contributed by atoms with E-state index in [0.717, 1.165) is 38.2 Å². The van der Waals surface area contributed by atoms with Crippen LogP contribution in [-0.2, 0) is 27.8 Å². The predicted octanol–water partition coefficient (Wildman–Crippen LogP) is 5.93. The van der Waals surface area contributed by atoms with Gasteiger partial charge in [0.05, 0.1) is 16.6 Å². The van der Waals surface area contributed by atoms with Gasteiger partial charge >= 0.3 is 5.97 Å². The van der Waals surface area contributed by atoms with Crippen molar-refractivity contribution in [1.29, 1.82) is 0 Å². The van der Waals surface area contributed by atoms with E-state index >= 15 is 0 Å². The van der Waals surface area contributed by atoms with Crippen molar-refractivity contribution in [2.24, 2.45) is 4.99 Å². The highest BCUT2D eigenvalue weighted by Crippen LogP contribution is 2.36. The molecule has 3 heterocycles. The molecule has 2 N–H and O–H groups in total. The predicted molar refractivity (Wildman–Crippen MR) is 163 cm³/mol. The number of thiophene rings is 1. The number of rotatable bonds is 9. The number of benzene rings is 3. The Morgan fingerprint density at radius 3 is 2.57 bits per heavy atom. The molecule has 6 rings (SSSR count). The van der Waals surface area contributed by atoms with Gasteiger partial charge in [0.1, 0.15) is 11.5 Å². The number of nitrogens with zero attached hydrogens (tertiary/aromatic N) is 4. The van der Waals surface area contributed by atoms with Crippen molar-refractivity contribution < 1.29 is 18.3 Å². The highest BCUT2D eigenvalue weighted by Gasteiger charge is 2.32. The van der Waals surface area contributed by atoms with Crippen molar-refractivity contribution in [3.05, 3.63) is 105 Å². The van der Waals surface area contributed by atoms with Crippen molar-refractivity contribution in [2.75, 3.05) is 0 Å². The lowest BCUT2D eigenvalue weighted by Gasteiger charge is -2.19. The third-order valence-electron chi connectivity index (χ3n) is 7.12. The van der Waals surface area contributed by atoms with Crippen LogP contribution in [0.4, 0.5) is 0 Å². The first-order chi connectivity index (χ1) is 20.2. The molecular formula is C30H26ClN5O4S2. The van der Waals surface area contributed by atoms with Gasteiger partial charge in [-0.2, -0.15) is 0 Å². The summed E-state index contributed by atoms with van der Waals surface area (Å²) < 4.78 is 31.9. The quantitative estimate of drug-likeness (QED) is 0.210. The van der Waals surface area contributed by atoms with Crippen molar-refractivity contribution in [2.45, 2.75) is 43.7 Å². The zero-order valence-corrected chi connectivity index (χ0v) is 24.9. The second kappa shape index (κ2) is 11.4. The summed E-state index contributed by atoms with van der Waals surface area (Å²) in [6.07, 6.45) is 0.475. The normalized spacial score (nSPS) is 13.7. The number of aliphatic imine (C=N–C) groups is 1. The lowest BCUT2D eigenvalue weighted by atomic mass is 10.0. The molecule has 214 valence electrons. The van der Waals surface area contributed by atoms with Crippen LogP contribution >= 0.6 is 22.9 Å². The molecule has 0 aliphatic carbocycles. The summed E-state index contributed by atoms with van der Waals surface area (Å²) in [6, 6.07) is 20.9.